The van der Waals surface area contributed by atoms with E-state index >= 15 is 0 Å². The van der Waals surface area contributed by atoms with Gasteiger partial charge < -0.3 is 10.4 Å². The van der Waals surface area contributed by atoms with Crippen LogP contribution in [-0.4, -0.2) is 10.1 Å². The first-order valence-electron chi connectivity index (χ1n) is 7.06. The second-order valence-electron chi connectivity index (χ2n) is 5.25. The smallest absolute Gasteiger partial charge is 0.115 e. The summed E-state index contributed by atoms with van der Waals surface area (Å²) in [4.78, 5) is 4.51. The molecule has 21 heavy (non-hydrogen) atoms. The normalized spacial score (nSPS) is 10.9. The van der Waals surface area contributed by atoms with Crippen molar-refractivity contribution in [3.05, 3.63) is 71.4 Å². The van der Waals surface area contributed by atoms with E-state index in [4.69, 9.17) is 0 Å². The third kappa shape index (κ3) is 3.38. The summed E-state index contributed by atoms with van der Waals surface area (Å²) in [6, 6.07) is 17.8. The largest absolute Gasteiger partial charge is 0.508 e. The molecule has 3 aromatic rings. The second kappa shape index (κ2) is 5.94. The molecule has 0 aliphatic carbocycles. The van der Waals surface area contributed by atoms with Gasteiger partial charge in [-0.15, -0.1) is 0 Å². The van der Waals surface area contributed by atoms with Crippen LogP contribution >= 0.6 is 0 Å². The van der Waals surface area contributed by atoms with Crippen LogP contribution in [0.2, 0.25) is 0 Å². The lowest BCUT2D eigenvalue weighted by Gasteiger charge is -2.07. The Balaban J connectivity index is 1.65. The van der Waals surface area contributed by atoms with Crippen LogP contribution in [0.4, 0.5) is 0 Å². The van der Waals surface area contributed by atoms with Crippen molar-refractivity contribution in [3.8, 4) is 5.75 Å². The minimum atomic E-state index is 0.302. The van der Waals surface area contributed by atoms with Crippen molar-refractivity contribution in [3.63, 3.8) is 0 Å². The first-order chi connectivity index (χ1) is 10.2. The first-order valence-corrected chi connectivity index (χ1v) is 7.06. The number of nitrogens with one attached hydrogen (secondary N) is 1. The van der Waals surface area contributed by atoms with E-state index in [9.17, 15) is 5.11 Å². The van der Waals surface area contributed by atoms with Crippen LogP contribution in [0.3, 0.4) is 0 Å². The number of benzene rings is 2. The zero-order valence-electron chi connectivity index (χ0n) is 12.0. The molecule has 0 saturated carbocycles. The molecule has 0 radical (unpaired) electrons. The number of hydrogen-bond acceptors (Lipinski definition) is 3. The molecule has 0 aliphatic heterocycles. The zero-order chi connectivity index (χ0) is 14.7. The minimum absolute atomic E-state index is 0.302. The Kier molecular flexibility index (Phi) is 3.84. The Bertz CT molecular complexity index is 751. The summed E-state index contributed by atoms with van der Waals surface area (Å²) in [6.45, 7) is 3.60. The Labute approximate surface area is 124 Å². The van der Waals surface area contributed by atoms with Crippen molar-refractivity contribution in [2.24, 2.45) is 0 Å². The summed E-state index contributed by atoms with van der Waals surface area (Å²) in [5, 5.41) is 13.8. The summed E-state index contributed by atoms with van der Waals surface area (Å²) in [5.74, 6) is 0.302. The summed E-state index contributed by atoms with van der Waals surface area (Å²) >= 11 is 0. The van der Waals surface area contributed by atoms with Gasteiger partial charge in [0.25, 0.3) is 0 Å². The lowest BCUT2D eigenvalue weighted by atomic mass is 10.1. The number of aromatic hydroxyl groups is 1. The van der Waals surface area contributed by atoms with E-state index in [-0.39, 0.29) is 0 Å². The van der Waals surface area contributed by atoms with Crippen molar-refractivity contribution in [2.75, 3.05) is 0 Å². The topological polar surface area (TPSA) is 45.1 Å². The van der Waals surface area contributed by atoms with Crippen LogP contribution in [0, 0.1) is 6.92 Å². The van der Waals surface area contributed by atoms with E-state index in [1.807, 2.05) is 25.1 Å². The quantitative estimate of drug-likeness (QED) is 0.767. The van der Waals surface area contributed by atoms with Gasteiger partial charge in [-0.3, -0.25) is 4.98 Å². The Morgan fingerprint density at radius 3 is 2.43 bits per heavy atom. The van der Waals surface area contributed by atoms with Gasteiger partial charge in [0.2, 0.25) is 0 Å². The highest BCUT2D eigenvalue weighted by Crippen LogP contribution is 2.15. The molecule has 0 unspecified atom stereocenters. The molecule has 0 saturated heterocycles. The third-order valence-corrected chi connectivity index (χ3v) is 3.49. The summed E-state index contributed by atoms with van der Waals surface area (Å²) in [7, 11) is 0. The number of phenolic OH excluding ortho intramolecular Hbond substituents is 1. The van der Waals surface area contributed by atoms with Gasteiger partial charge in [-0.2, -0.15) is 0 Å². The number of nitrogens with zero attached hydrogens (tertiary/aromatic N) is 1. The van der Waals surface area contributed by atoms with Gasteiger partial charge in [0, 0.05) is 24.2 Å². The molecular formula is C18H18N2O. The maximum absolute atomic E-state index is 9.25. The third-order valence-electron chi connectivity index (χ3n) is 3.49. The molecule has 3 rings (SSSR count). The van der Waals surface area contributed by atoms with Crippen LogP contribution < -0.4 is 5.32 Å². The van der Waals surface area contributed by atoms with Crippen LogP contribution in [0.5, 0.6) is 5.75 Å². The molecule has 106 valence electrons. The molecule has 0 fully saturated rings. The molecule has 2 aromatic carbocycles. The molecule has 0 spiro atoms. The highest BCUT2D eigenvalue weighted by Gasteiger charge is 1.99. The molecular weight excluding hydrogens is 260 g/mol. The van der Waals surface area contributed by atoms with E-state index < -0.39 is 0 Å². The molecule has 0 atom stereocenters. The second-order valence-corrected chi connectivity index (χ2v) is 5.25. The predicted molar refractivity (Wildman–Crippen MR) is 85.1 cm³/mol. The molecule has 1 heterocycles. The van der Waals surface area contributed by atoms with Crippen molar-refractivity contribution < 1.29 is 5.11 Å². The molecule has 0 amide bonds. The summed E-state index contributed by atoms with van der Waals surface area (Å²) < 4.78 is 0. The van der Waals surface area contributed by atoms with Gasteiger partial charge in [-0.25, -0.2) is 0 Å². The first kappa shape index (κ1) is 13.6. The molecule has 0 aliphatic rings. The number of aromatic nitrogens is 1. The highest BCUT2D eigenvalue weighted by atomic mass is 16.3. The van der Waals surface area contributed by atoms with Gasteiger partial charge in [0.1, 0.15) is 5.75 Å². The number of hydrogen-bond donors (Lipinski definition) is 2. The fourth-order valence-corrected chi connectivity index (χ4v) is 2.35. The standard InChI is InChI=1S/C18H18N2O/c1-13-2-6-16-10-15(5-9-18(16)20-13)12-19-11-14-3-7-17(21)8-4-14/h2-10,19,21H,11-12H2,1H3. The Morgan fingerprint density at radius 2 is 1.62 bits per heavy atom. The lowest BCUT2D eigenvalue weighted by Crippen LogP contribution is -2.12. The van der Waals surface area contributed by atoms with E-state index in [0.29, 0.717) is 5.75 Å². The van der Waals surface area contributed by atoms with Crippen LogP contribution in [0.25, 0.3) is 10.9 Å². The van der Waals surface area contributed by atoms with E-state index in [1.165, 1.54) is 10.9 Å². The van der Waals surface area contributed by atoms with Gasteiger partial charge in [0.05, 0.1) is 5.52 Å². The zero-order valence-corrected chi connectivity index (χ0v) is 12.0. The molecule has 3 nitrogen and oxygen atoms in total. The van der Waals surface area contributed by atoms with E-state index in [1.54, 1.807) is 12.1 Å². The van der Waals surface area contributed by atoms with Crippen LogP contribution in [0.15, 0.2) is 54.6 Å². The SMILES string of the molecule is Cc1ccc2cc(CNCc3ccc(O)cc3)ccc2n1. The maximum atomic E-state index is 9.25. The monoisotopic (exact) mass is 278 g/mol. The van der Waals surface area contributed by atoms with Crippen molar-refractivity contribution >= 4 is 10.9 Å². The lowest BCUT2D eigenvalue weighted by molar-refractivity contribution is 0.475. The van der Waals surface area contributed by atoms with Crippen molar-refractivity contribution in [2.45, 2.75) is 20.0 Å². The average molecular weight is 278 g/mol. The summed E-state index contributed by atoms with van der Waals surface area (Å²) in [5.41, 5.74) is 4.48. The Hall–Kier alpha value is -2.39. The van der Waals surface area contributed by atoms with Gasteiger partial charge >= 0.3 is 0 Å². The Morgan fingerprint density at radius 1 is 0.905 bits per heavy atom. The van der Waals surface area contributed by atoms with Gasteiger partial charge in [-0.1, -0.05) is 24.3 Å². The fraction of sp³-hybridized carbons (Fsp3) is 0.167. The van der Waals surface area contributed by atoms with Crippen molar-refractivity contribution in [1.29, 1.82) is 0 Å². The van der Waals surface area contributed by atoms with E-state index in [2.05, 4.69) is 34.6 Å². The highest BCUT2D eigenvalue weighted by molar-refractivity contribution is 5.79. The molecule has 0 bridgehead atoms. The van der Waals surface area contributed by atoms with Crippen molar-refractivity contribution in [1.82, 2.24) is 10.3 Å². The maximum Gasteiger partial charge on any atom is 0.115 e. The van der Waals surface area contributed by atoms with Gasteiger partial charge in [0.15, 0.2) is 0 Å². The van der Waals surface area contributed by atoms with Crippen LogP contribution in [0.1, 0.15) is 16.8 Å². The summed E-state index contributed by atoms with van der Waals surface area (Å²) in [6.07, 6.45) is 0. The average Bonchev–Trinajstić information content (AvgIpc) is 2.49. The number of aryl methyl sites for hydroxylation is 1. The van der Waals surface area contributed by atoms with Crippen LogP contribution in [-0.2, 0) is 13.1 Å². The van der Waals surface area contributed by atoms with E-state index in [0.717, 1.165) is 29.9 Å². The fourth-order valence-electron chi connectivity index (χ4n) is 2.35. The number of phenols is 1. The number of rotatable bonds is 4. The predicted octanol–water partition coefficient (Wildman–Crippen LogP) is 3.54. The molecule has 3 heteroatoms. The number of pyridine rings is 1. The minimum Gasteiger partial charge on any atom is -0.508 e. The molecule has 2 N–H and O–H groups in total. The van der Waals surface area contributed by atoms with Gasteiger partial charge in [-0.05, 0) is 48.4 Å². The number of fused-ring (bicyclic) bond motifs is 1. The molecule has 1 aromatic heterocycles.